The Morgan fingerprint density at radius 3 is 1.83 bits per heavy atom. The van der Waals surface area contributed by atoms with Gasteiger partial charge < -0.3 is 5.73 Å². The highest BCUT2D eigenvalue weighted by Gasteiger charge is 2.18. The third kappa shape index (κ3) is 3.87. The van der Waals surface area contributed by atoms with Gasteiger partial charge >= 0.3 is 0 Å². The van der Waals surface area contributed by atoms with E-state index in [0.717, 1.165) is 5.56 Å². The van der Waals surface area contributed by atoms with Crippen LogP contribution in [0.1, 0.15) is 67.3 Å². The average molecular weight is 323 g/mol. The van der Waals surface area contributed by atoms with E-state index in [1.54, 1.807) is 0 Å². The van der Waals surface area contributed by atoms with Gasteiger partial charge in [-0.05, 0) is 64.6 Å². The van der Waals surface area contributed by atoms with Crippen LogP contribution in [0.4, 0.5) is 0 Å². The molecule has 2 aromatic carbocycles. The lowest BCUT2D eigenvalue weighted by Crippen LogP contribution is -2.17. The Labute approximate surface area is 146 Å². The summed E-state index contributed by atoms with van der Waals surface area (Å²) in [6, 6.07) is 11.1. The van der Waals surface area contributed by atoms with Gasteiger partial charge in [-0.15, -0.1) is 0 Å². The van der Waals surface area contributed by atoms with Gasteiger partial charge in [0.15, 0.2) is 0 Å². The summed E-state index contributed by atoms with van der Waals surface area (Å²) in [7, 11) is 0. The molecular formula is C22H29NO. The Morgan fingerprint density at radius 1 is 0.875 bits per heavy atom. The topological polar surface area (TPSA) is 43.1 Å². The fraction of sp³-hybridized carbons (Fsp3) is 0.409. The summed E-state index contributed by atoms with van der Waals surface area (Å²) in [4.78, 5) is 11.6. The monoisotopic (exact) mass is 323 g/mol. The Kier molecular flexibility index (Phi) is 5.48. The van der Waals surface area contributed by atoms with E-state index in [1.165, 1.54) is 33.4 Å². The van der Waals surface area contributed by atoms with Crippen LogP contribution in [0.3, 0.4) is 0 Å². The first kappa shape index (κ1) is 18.3. The molecule has 2 N–H and O–H groups in total. The predicted octanol–water partition coefficient (Wildman–Crippen LogP) is 5.25. The molecule has 0 unspecified atom stereocenters. The second kappa shape index (κ2) is 7.21. The minimum absolute atomic E-state index is 0.266. The Hall–Kier alpha value is -2.09. The standard InChI is InChI=1S/C22H29NO/c1-13(2)19-10-18(17-8-7-15(5)16(6)9-17)11-20(14(3)4)21(19)12-22(23)24/h7-11,13-14H,12H2,1-6H3,(H2,23,24). The smallest absolute Gasteiger partial charge is 0.221 e. The van der Waals surface area contributed by atoms with Gasteiger partial charge in [-0.25, -0.2) is 0 Å². The van der Waals surface area contributed by atoms with E-state index in [-0.39, 0.29) is 5.91 Å². The van der Waals surface area contributed by atoms with Crippen molar-refractivity contribution in [2.45, 2.75) is 59.8 Å². The molecule has 128 valence electrons. The van der Waals surface area contributed by atoms with Crippen molar-refractivity contribution in [2.24, 2.45) is 5.73 Å². The summed E-state index contributed by atoms with van der Waals surface area (Å²) in [6.45, 7) is 13.0. The van der Waals surface area contributed by atoms with E-state index < -0.39 is 0 Å². The van der Waals surface area contributed by atoms with Crippen molar-refractivity contribution in [3.8, 4) is 11.1 Å². The normalized spacial score (nSPS) is 11.3. The molecule has 0 aromatic heterocycles. The van der Waals surface area contributed by atoms with Crippen molar-refractivity contribution in [2.75, 3.05) is 0 Å². The number of hydrogen-bond donors (Lipinski definition) is 1. The van der Waals surface area contributed by atoms with Crippen molar-refractivity contribution >= 4 is 5.91 Å². The van der Waals surface area contributed by atoms with Crippen molar-refractivity contribution < 1.29 is 4.79 Å². The molecule has 0 aliphatic heterocycles. The molecule has 0 spiro atoms. The van der Waals surface area contributed by atoms with Crippen molar-refractivity contribution in [3.63, 3.8) is 0 Å². The minimum atomic E-state index is -0.266. The van der Waals surface area contributed by atoms with Crippen molar-refractivity contribution in [1.82, 2.24) is 0 Å². The van der Waals surface area contributed by atoms with E-state index in [2.05, 4.69) is 71.9 Å². The van der Waals surface area contributed by atoms with Crippen LogP contribution in [0.25, 0.3) is 11.1 Å². The van der Waals surface area contributed by atoms with Gasteiger partial charge in [0.25, 0.3) is 0 Å². The van der Waals surface area contributed by atoms with Crippen LogP contribution in [0.2, 0.25) is 0 Å². The van der Waals surface area contributed by atoms with Crippen LogP contribution in [-0.2, 0) is 11.2 Å². The molecule has 0 saturated heterocycles. The van der Waals surface area contributed by atoms with Gasteiger partial charge in [-0.2, -0.15) is 0 Å². The maximum absolute atomic E-state index is 11.6. The lowest BCUT2D eigenvalue weighted by atomic mass is 9.83. The largest absolute Gasteiger partial charge is 0.369 e. The van der Waals surface area contributed by atoms with Gasteiger partial charge in [0.2, 0.25) is 5.91 Å². The molecule has 2 aromatic rings. The zero-order chi connectivity index (χ0) is 18.0. The van der Waals surface area contributed by atoms with Gasteiger partial charge in [-0.1, -0.05) is 58.0 Å². The molecule has 2 heteroatoms. The lowest BCUT2D eigenvalue weighted by Gasteiger charge is -2.21. The van der Waals surface area contributed by atoms with Gasteiger partial charge in [0.1, 0.15) is 0 Å². The van der Waals surface area contributed by atoms with Crippen LogP contribution in [0.5, 0.6) is 0 Å². The number of benzene rings is 2. The molecule has 2 rings (SSSR count). The Morgan fingerprint density at radius 2 is 1.42 bits per heavy atom. The van der Waals surface area contributed by atoms with Crippen LogP contribution >= 0.6 is 0 Å². The van der Waals surface area contributed by atoms with E-state index in [9.17, 15) is 4.79 Å². The number of primary amides is 1. The van der Waals surface area contributed by atoms with Crippen LogP contribution in [-0.4, -0.2) is 5.91 Å². The average Bonchev–Trinajstić information content (AvgIpc) is 2.49. The maximum Gasteiger partial charge on any atom is 0.221 e. The molecule has 0 saturated carbocycles. The first-order valence-corrected chi connectivity index (χ1v) is 8.73. The maximum atomic E-state index is 11.6. The molecule has 1 amide bonds. The van der Waals surface area contributed by atoms with E-state index >= 15 is 0 Å². The number of rotatable bonds is 5. The highest BCUT2D eigenvalue weighted by atomic mass is 16.1. The molecule has 0 radical (unpaired) electrons. The first-order valence-electron chi connectivity index (χ1n) is 8.73. The number of nitrogens with two attached hydrogens (primary N) is 1. The fourth-order valence-electron chi connectivity index (χ4n) is 3.21. The quantitative estimate of drug-likeness (QED) is 0.803. The number of carbonyl (C=O) groups excluding carboxylic acids is 1. The van der Waals surface area contributed by atoms with Gasteiger partial charge in [0.05, 0.1) is 6.42 Å². The van der Waals surface area contributed by atoms with E-state index in [0.29, 0.717) is 18.3 Å². The SMILES string of the molecule is Cc1ccc(-c2cc(C(C)C)c(CC(N)=O)c(C(C)C)c2)cc1C. The van der Waals surface area contributed by atoms with Gasteiger partial charge in [0, 0.05) is 0 Å². The van der Waals surface area contributed by atoms with Crippen molar-refractivity contribution in [1.29, 1.82) is 0 Å². The Bertz CT molecular complexity index is 728. The number of hydrogen-bond acceptors (Lipinski definition) is 1. The summed E-state index contributed by atoms with van der Waals surface area (Å²) in [5.74, 6) is 0.435. The van der Waals surface area contributed by atoms with Crippen LogP contribution in [0, 0.1) is 13.8 Å². The summed E-state index contributed by atoms with van der Waals surface area (Å²) in [5, 5.41) is 0. The van der Waals surface area contributed by atoms with Crippen LogP contribution < -0.4 is 5.73 Å². The third-order valence-electron chi connectivity index (χ3n) is 4.75. The highest BCUT2D eigenvalue weighted by Crippen LogP contribution is 2.34. The molecule has 0 bridgehead atoms. The predicted molar refractivity (Wildman–Crippen MR) is 102 cm³/mol. The first-order chi connectivity index (χ1) is 11.2. The number of aryl methyl sites for hydroxylation is 2. The summed E-state index contributed by atoms with van der Waals surface area (Å²) in [6.07, 6.45) is 0.314. The third-order valence-corrected chi connectivity index (χ3v) is 4.75. The van der Waals surface area contributed by atoms with Gasteiger partial charge in [-0.3, -0.25) is 4.79 Å². The van der Waals surface area contributed by atoms with E-state index in [4.69, 9.17) is 5.73 Å². The summed E-state index contributed by atoms with van der Waals surface area (Å²) < 4.78 is 0. The summed E-state index contributed by atoms with van der Waals surface area (Å²) >= 11 is 0. The van der Waals surface area contributed by atoms with Crippen molar-refractivity contribution in [3.05, 3.63) is 58.1 Å². The highest BCUT2D eigenvalue weighted by molar-refractivity contribution is 5.79. The number of amides is 1. The molecule has 0 atom stereocenters. The molecule has 0 fully saturated rings. The zero-order valence-electron chi connectivity index (χ0n) is 15.7. The second-order valence-corrected chi connectivity index (χ2v) is 7.38. The summed E-state index contributed by atoms with van der Waals surface area (Å²) in [5.41, 5.74) is 14.1. The van der Waals surface area contributed by atoms with Crippen LogP contribution in [0.15, 0.2) is 30.3 Å². The molecule has 2 nitrogen and oxygen atoms in total. The molecule has 0 aliphatic rings. The zero-order valence-corrected chi connectivity index (χ0v) is 15.7. The Balaban J connectivity index is 2.70. The van der Waals surface area contributed by atoms with E-state index in [1.807, 2.05) is 0 Å². The molecule has 0 heterocycles. The number of carbonyl (C=O) groups is 1. The second-order valence-electron chi connectivity index (χ2n) is 7.38. The lowest BCUT2D eigenvalue weighted by molar-refractivity contribution is -0.117. The minimum Gasteiger partial charge on any atom is -0.369 e. The molecular weight excluding hydrogens is 294 g/mol. The molecule has 0 aliphatic carbocycles. The fourth-order valence-corrected chi connectivity index (χ4v) is 3.21. The molecule has 24 heavy (non-hydrogen) atoms.